The van der Waals surface area contributed by atoms with Crippen LogP contribution in [-0.4, -0.2) is 19.2 Å². The van der Waals surface area contributed by atoms with Crippen molar-refractivity contribution in [2.45, 2.75) is 25.6 Å². The highest BCUT2D eigenvalue weighted by atomic mass is 19.4. The molecule has 0 fully saturated rings. The SMILES string of the molecule is Cn1ccc2cc(-c3cccc(-n4cc(C(C)(C)O)nc4-c4ccccc4C(F)(F)F)c3)ccc21. The average Bonchev–Trinajstić information content (AvgIpc) is 3.43. The van der Waals surface area contributed by atoms with E-state index in [1.165, 1.54) is 12.1 Å². The minimum Gasteiger partial charge on any atom is -0.384 e. The fourth-order valence-corrected chi connectivity index (χ4v) is 4.28. The van der Waals surface area contributed by atoms with Crippen LogP contribution in [0.25, 0.3) is 39.1 Å². The molecule has 0 spiro atoms. The Morgan fingerprint density at radius 1 is 0.857 bits per heavy atom. The quantitative estimate of drug-likeness (QED) is 0.306. The molecule has 3 aromatic carbocycles. The maximum Gasteiger partial charge on any atom is 0.417 e. The second-order valence-corrected chi connectivity index (χ2v) is 9.17. The molecule has 1 N–H and O–H groups in total. The predicted octanol–water partition coefficient (Wildman–Crippen LogP) is 6.94. The zero-order valence-electron chi connectivity index (χ0n) is 19.5. The molecule has 0 unspecified atom stereocenters. The number of alkyl halides is 3. The molecule has 35 heavy (non-hydrogen) atoms. The van der Waals surface area contributed by atoms with Crippen LogP contribution in [0.5, 0.6) is 0 Å². The Labute approximate surface area is 200 Å². The molecular formula is C28H24F3N3O. The third-order valence-electron chi connectivity index (χ3n) is 6.15. The van der Waals surface area contributed by atoms with Crippen LogP contribution in [0.1, 0.15) is 25.1 Å². The van der Waals surface area contributed by atoms with Gasteiger partial charge in [-0.15, -0.1) is 0 Å². The lowest BCUT2D eigenvalue weighted by Gasteiger charge is -2.14. The Morgan fingerprint density at radius 3 is 2.34 bits per heavy atom. The van der Waals surface area contributed by atoms with Crippen LogP contribution in [0.2, 0.25) is 0 Å². The van der Waals surface area contributed by atoms with Crippen molar-refractivity contribution in [3.8, 4) is 28.2 Å². The van der Waals surface area contributed by atoms with E-state index in [2.05, 4.69) is 11.1 Å². The van der Waals surface area contributed by atoms with Gasteiger partial charge in [0.15, 0.2) is 0 Å². The van der Waals surface area contributed by atoms with Gasteiger partial charge in [0.25, 0.3) is 0 Å². The van der Waals surface area contributed by atoms with Gasteiger partial charge in [0.1, 0.15) is 11.4 Å². The molecule has 5 aromatic rings. The van der Waals surface area contributed by atoms with Crippen molar-refractivity contribution in [3.63, 3.8) is 0 Å². The molecule has 0 saturated carbocycles. The molecule has 7 heteroatoms. The van der Waals surface area contributed by atoms with Crippen LogP contribution in [0.3, 0.4) is 0 Å². The van der Waals surface area contributed by atoms with Gasteiger partial charge in [-0.05, 0) is 61.4 Å². The van der Waals surface area contributed by atoms with Gasteiger partial charge in [-0.1, -0.05) is 36.4 Å². The van der Waals surface area contributed by atoms with E-state index < -0.39 is 17.3 Å². The Balaban J connectivity index is 1.69. The summed E-state index contributed by atoms with van der Waals surface area (Å²) in [6.07, 6.45) is -0.948. The fraction of sp³-hybridized carbons (Fsp3) is 0.179. The van der Waals surface area contributed by atoms with Crippen LogP contribution in [0.15, 0.2) is 85.2 Å². The van der Waals surface area contributed by atoms with Gasteiger partial charge >= 0.3 is 6.18 Å². The number of aromatic nitrogens is 3. The highest BCUT2D eigenvalue weighted by Crippen LogP contribution is 2.38. The van der Waals surface area contributed by atoms with E-state index in [1.54, 1.807) is 30.7 Å². The minimum atomic E-state index is -4.55. The number of imidazole rings is 1. The van der Waals surface area contributed by atoms with Crippen LogP contribution in [-0.2, 0) is 18.8 Å². The molecule has 178 valence electrons. The van der Waals surface area contributed by atoms with Crippen molar-refractivity contribution in [1.29, 1.82) is 0 Å². The van der Waals surface area contributed by atoms with Crippen molar-refractivity contribution in [2.75, 3.05) is 0 Å². The van der Waals surface area contributed by atoms with E-state index in [-0.39, 0.29) is 17.1 Å². The lowest BCUT2D eigenvalue weighted by atomic mass is 10.0. The molecule has 2 heterocycles. The van der Waals surface area contributed by atoms with E-state index in [0.717, 1.165) is 28.1 Å². The fourth-order valence-electron chi connectivity index (χ4n) is 4.28. The number of fused-ring (bicyclic) bond motifs is 1. The van der Waals surface area contributed by atoms with Gasteiger partial charge in [-0.25, -0.2) is 4.98 Å². The first kappa shape index (κ1) is 22.9. The average molecular weight is 476 g/mol. The monoisotopic (exact) mass is 475 g/mol. The first-order valence-electron chi connectivity index (χ1n) is 11.2. The molecule has 4 nitrogen and oxygen atoms in total. The number of halogens is 3. The van der Waals surface area contributed by atoms with Crippen LogP contribution in [0, 0.1) is 0 Å². The Bertz CT molecular complexity index is 1540. The highest BCUT2D eigenvalue weighted by Gasteiger charge is 2.35. The molecule has 0 aliphatic heterocycles. The van der Waals surface area contributed by atoms with E-state index in [9.17, 15) is 18.3 Å². The third kappa shape index (κ3) is 4.23. The molecule has 0 saturated heterocycles. The van der Waals surface area contributed by atoms with Gasteiger partial charge in [0, 0.05) is 41.6 Å². The first-order chi connectivity index (χ1) is 16.5. The summed E-state index contributed by atoms with van der Waals surface area (Å²) in [6.45, 7) is 3.12. The number of rotatable bonds is 4. The minimum absolute atomic E-state index is 0.0494. The maximum atomic E-state index is 13.8. The van der Waals surface area contributed by atoms with E-state index >= 15 is 0 Å². The zero-order chi connectivity index (χ0) is 25.0. The standard InChI is InChI=1S/C28H24F3N3O/c1-27(2,35)25-17-34(26(32-25)22-9-4-5-10-23(22)28(29,30)31)21-8-6-7-18(16-21)19-11-12-24-20(15-19)13-14-33(24)3/h4-17,35H,1-3H3. The van der Waals surface area contributed by atoms with Crippen LogP contribution >= 0.6 is 0 Å². The van der Waals surface area contributed by atoms with Crippen LogP contribution in [0.4, 0.5) is 13.2 Å². The van der Waals surface area contributed by atoms with Gasteiger partial charge in [0.05, 0.1) is 11.3 Å². The number of aryl methyl sites for hydroxylation is 1. The topological polar surface area (TPSA) is 43.0 Å². The van der Waals surface area contributed by atoms with E-state index in [0.29, 0.717) is 5.69 Å². The smallest absolute Gasteiger partial charge is 0.384 e. The van der Waals surface area contributed by atoms with E-state index in [1.807, 2.05) is 60.3 Å². The van der Waals surface area contributed by atoms with Gasteiger partial charge in [0.2, 0.25) is 0 Å². The lowest BCUT2D eigenvalue weighted by molar-refractivity contribution is -0.137. The van der Waals surface area contributed by atoms with Crippen molar-refractivity contribution in [2.24, 2.45) is 7.05 Å². The Morgan fingerprint density at radius 2 is 1.60 bits per heavy atom. The molecule has 0 bridgehead atoms. The number of aliphatic hydroxyl groups is 1. The Hall–Kier alpha value is -3.84. The predicted molar refractivity (Wildman–Crippen MR) is 131 cm³/mol. The summed E-state index contributed by atoms with van der Waals surface area (Å²) in [5, 5.41) is 11.7. The van der Waals surface area contributed by atoms with E-state index in [4.69, 9.17) is 0 Å². The highest BCUT2D eigenvalue weighted by molar-refractivity contribution is 5.86. The van der Waals surface area contributed by atoms with Crippen LogP contribution < -0.4 is 0 Å². The summed E-state index contributed by atoms with van der Waals surface area (Å²) in [5.41, 5.74) is 1.79. The summed E-state index contributed by atoms with van der Waals surface area (Å²) in [6, 6.07) is 21.1. The first-order valence-corrected chi connectivity index (χ1v) is 11.2. The molecule has 5 rings (SSSR count). The summed E-state index contributed by atoms with van der Waals surface area (Å²) in [4.78, 5) is 4.46. The summed E-state index contributed by atoms with van der Waals surface area (Å²) >= 11 is 0. The summed E-state index contributed by atoms with van der Waals surface area (Å²) in [7, 11) is 1.99. The number of hydrogen-bond acceptors (Lipinski definition) is 2. The molecule has 0 atom stereocenters. The molecule has 0 aliphatic rings. The number of hydrogen-bond donors (Lipinski definition) is 1. The maximum absolute atomic E-state index is 13.8. The van der Waals surface area contributed by atoms with Gasteiger partial charge < -0.3 is 9.67 Å². The van der Waals surface area contributed by atoms with Crippen molar-refractivity contribution < 1.29 is 18.3 Å². The second kappa shape index (κ2) is 8.13. The van der Waals surface area contributed by atoms with Crippen molar-refractivity contribution in [1.82, 2.24) is 14.1 Å². The second-order valence-electron chi connectivity index (χ2n) is 9.17. The molecule has 0 aliphatic carbocycles. The zero-order valence-corrected chi connectivity index (χ0v) is 19.5. The molecular weight excluding hydrogens is 451 g/mol. The molecule has 2 aromatic heterocycles. The van der Waals surface area contributed by atoms with Crippen molar-refractivity contribution in [3.05, 3.63) is 96.4 Å². The molecule has 0 radical (unpaired) electrons. The number of nitrogens with zero attached hydrogens (tertiary/aromatic N) is 3. The van der Waals surface area contributed by atoms with Crippen molar-refractivity contribution >= 4 is 10.9 Å². The summed E-state index contributed by atoms with van der Waals surface area (Å²) < 4.78 is 45.2. The largest absolute Gasteiger partial charge is 0.417 e. The number of benzene rings is 3. The summed E-state index contributed by atoms with van der Waals surface area (Å²) in [5.74, 6) is 0.116. The molecule has 0 amide bonds. The normalized spacial score (nSPS) is 12.4. The Kier molecular flexibility index (Phi) is 5.33. The third-order valence-corrected chi connectivity index (χ3v) is 6.15. The van der Waals surface area contributed by atoms with Gasteiger partial charge in [-0.2, -0.15) is 13.2 Å². The van der Waals surface area contributed by atoms with Gasteiger partial charge in [-0.3, -0.25) is 4.57 Å². The lowest BCUT2D eigenvalue weighted by Crippen LogP contribution is -2.15.